The first-order valence-corrected chi connectivity index (χ1v) is 5.57. The molecule has 0 bridgehead atoms. The zero-order valence-corrected chi connectivity index (χ0v) is 10.5. The average Bonchev–Trinajstić information content (AvgIpc) is 2.48. The van der Waals surface area contributed by atoms with Crippen LogP contribution in [0.1, 0.15) is 33.3 Å². The van der Waals surface area contributed by atoms with Crippen LogP contribution >= 0.6 is 0 Å². The molecule has 0 aliphatic carbocycles. The first-order valence-electron chi connectivity index (χ1n) is 5.57. The highest BCUT2D eigenvalue weighted by molar-refractivity contribution is 6.61. The van der Waals surface area contributed by atoms with Crippen LogP contribution in [0.4, 0.5) is 0 Å². The Morgan fingerprint density at radius 2 is 1.76 bits per heavy atom. The number of rotatable bonds is 1. The minimum absolute atomic E-state index is 0.368. The first-order chi connectivity index (χ1) is 7.86. The second-order valence-corrected chi connectivity index (χ2v) is 5.17. The Labute approximate surface area is 102 Å². The van der Waals surface area contributed by atoms with E-state index in [1.807, 2.05) is 33.8 Å². The van der Waals surface area contributed by atoms with Crippen molar-refractivity contribution < 1.29 is 9.31 Å². The number of aromatic nitrogens is 1. The molecule has 1 aliphatic heterocycles. The van der Waals surface area contributed by atoms with Gasteiger partial charge >= 0.3 is 7.12 Å². The highest BCUT2D eigenvalue weighted by Gasteiger charge is 2.52. The molecule has 0 atom stereocenters. The fourth-order valence-corrected chi connectivity index (χ4v) is 1.57. The average molecular weight is 230 g/mol. The van der Waals surface area contributed by atoms with Crippen molar-refractivity contribution in [1.29, 1.82) is 5.26 Å². The molecular weight excluding hydrogens is 215 g/mol. The topological polar surface area (TPSA) is 55.1 Å². The van der Waals surface area contributed by atoms with E-state index in [0.717, 1.165) is 0 Å². The van der Waals surface area contributed by atoms with Gasteiger partial charge in [-0.2, -0.15) is 5.26 Å². The summed E-state index contributed by atoms with van der Waals surface area (Å²) in [6, 6.07) is 5.51. The molecule has 4 nitrogen and oxygen atoms in total. The van der Waals surface area contributed by atoms with E-state index in [-0.39, 0.29) is 11.2 Å². The van der Waals surface area contributed by atoms with Crippen LogP contribution < -0.4 is 5.59 Å². The van der Waals surface area contributed by atoms with Gasteiger partial charge in [-0.05, 0) is 39.8 Å². The smallest absolute Gasteiger partial charge is 0.398 e. The largest absolute Gasteiger partial charge is 0.514 e. The summed E-state index contributed by atoms with van der Waals surface area (Å²) in [5.41, 5.74) is 0.494. The van der Waals surface area contributed by atoms with Gasteiger partial charge in [0.15, 0.2) is 0 Å². The Morgan fingerprint density at radius 1 is 1.18 bits per heavy atom. The van der Waals surface area contributed by atoms with Crippen molar-refractivity contribution in [3.8, 4) is 6.07 Å². The zero-order chi connectivity index (χ0) is 12.7. The number of nitrogens with zero attached hydrogens (tertiary/aromatic N) is 2. The van der Waals surface area contributed by atoms with Gasteiger partial charge in [0.25, 0.3) is 0 Å². The molecule has 2 rings (SSSR count). The van der Waals surface area contributed by atoms with Gasteiger partial charge in [0, 0.05) is 6.20 Å². The minimum Gasteiger partial charge on any atom is -0.398 e. The Hall–Kier alpha value is -1.38. The van der Waals surface area contributed by atoms with Crippen LogP contribution in [-0.4, -0.2) is 23.3 Å². The third kappa shape index (κ3) is 2.06. The third-order valence-electron chi connectivity index (χ3n) is 3.41. The second kappa shape index (κ2) is 3.83. The van der Waals surface area contributed by atoms with Gasteiger partial charge in [0.05, 0.1) is 22.4 Å². The number of hydrogen-bond acceptors (Lipinski definition) is 4. The summed E-state index contributed by atoms with van der Waals surface area (Å²) >= 11 is 0. The Balaban J connectivity index is 2.23. The summed E-state index contributed by atoms with van der Waals surface area (Å²) < 4.78 is 11.7. The molecule has 1 saturated heterocycles. The van der Waals surface area contributed by atoms with E-state index in [1.165, 1.54) is 6.20 Å². The van der Waals surface area contributed by atoms with Crippen molar-refractivity contribution in [2.45, 2.75) is 38.9 Å². The molecule has 2 heterocycles. The molecule has 0 aromatic carbocycles. The molecule has 17 heavy (non-hydrogen) atoms. The zero-order valence-electron chi connectivity index (χ0n) is 10.5. The van der Waals surface area contributed by atoms with E-state index in [9.17, 15) is 0 Å². The van der Waals surface area contributed by atoms with Crippen LogP contribution in [0.15, 0.2) is 18.3 Å². The maximum Gasteiger partial charge on any atom is 0.514 e. The highest BCUT2D eigenvalue weighted by atomic mass is 16.7. The van der Waals surface area contributed by atoms with Gasteiger partial charge in [-0.15, -0.1) is 0 Å². The van der Waals surface area contributed by atoms with Crippen LogP contribution in [0.3, 0.4) is 0 Å². The van der Waals surface area contributed by atoms with Crippen LogP contribution in [0, 0.1) is 11.3 Å². The van der Waals surface area contributed by atoms with E-state index >= 15 is 0 Å². The lowest BCUT2D eigenvalue weighted by atomic mass is 9.84. The molecule has 1 aromatic rings. The molecule has 0 unspecified atom stereocenters. The van der Waals surface area contributed by atoms with Gasteiger partial charge in [-0.3, -0.25) is 4.98 Å². The second-order valence-electron chi connectivity index (χ2n) is 5.17. The van der Waals surface area contributed by atoms with Crippen molar-refractivity contribution in [1.82, 2.24) is 4.98 Å². The third-order valence-corrected chi connectivity index (χ3v) is 3.41. The molecule has 1 aromatic heterocycles. The lowest BCUT2D eigenvalue weighted by Crippen LogP contribution is -2.41. The Bertz CT molecular complexity index is 446. The summed E-state index contributed by atoms with van der Waals surface area (Å²) in [6.45, 7) is 7.99. The summed E-state index contributed by atoms with van der Waals surface area (Å²) in [7, 11) is -0.465. The van der Waals surface area contributed by atoms with E-state index in [4.69, 9.17) is 14.6 Å². The molecule has 1 aliphatic rings. The quantitative estimate of drug-likeness (QED) is 0.681. The fourth-order valence-electron chi connectivity index (χ4n) is 1.57. The van der Waals surface area contributed by atoms with Crippen molar-refractivity contribution in [3.05, 3.63) is 23.9 Å². The van der Waals surface area contributed by atoms with E-state index in [2.05, 4.69) is 4.98 Å². The number of nitriles is 1. The standard InChI is InChI=1S/C12H15BN2O2/c1-11(2)12(3,4)17-13(16-11)10-6-5-9(7-14)8-15-10/h5-6,8H,1-4H3. The van der Waals surface area contributed by atoms with Crippen LogP contribution in [0.5, 0.6) is 0 Å². The maximum atomic E-state index is 8.71. The van der Waals surface area contributed by atoms with Crippen molar-refractivity contribution in [3.63, 3.8) is 0 Å². The summed E-state index contributed by atoms with van der Waals surface area (Å²) in [4.78, 5) is 4.19. The molecule has 88 valence electrons. The van der Waals surface area contributed by atoms with Gasteiger partial charge in [0.1, 0.15) is 6.07 Å². The molecule has 0 spiro atoms. The predicted molar refractivity (Wildman–Crippen MR) is 64.7 cm³/mol. The Morgan fingerprint density at radius 3 is 2.18 bits per heavy atom. The van der Waals surface area contributed by atoms with E-state index in [1.54, 1.807) is 12.1 Å². The first kappa shape index (κ1) is 12.1. The summed E-state index contributed by atoms with van der Waals surface area (Å²) in [5, 5.41) is 8.71. The molecule has 0 radical (unpaired) electrons. The minimum atomic E-state index is -0.465. The monoisotopic (exact) mass is 230 g/mol. The van der Waals surface area contributed by atoms with E-state index < -0.39 is 7.12 Å². The SMILES string of the molecule is CC1(C)OB(c2ccc(C#N)cn2)OC1(C)C. The molecule has 1 fully saturated rings. The van der Waals surface area contributed by atoms with Crippen molar-refractivity contribution in [2.75, 3.05) is 0 Å². The van der Waals surface area contributed by atoms with E-state index in [0.29, 0.717) is 11.2 Å². The molecule has 0 N–H and O–H groups in total. The summed E-state index contributed by atoms with van der Waals surface area (Å²) in [5.74, 6) is 0. The number of pyridine rings is 1. The van der Waals surface area contributed by atoms with Crippen LogP contribution in [0.25, 0.3) is 0 Å². The van der Waals surface area contributed by atoms with Gasteiger partial charge in [0.2, 0.25) is 0 Å². The molecule has 0 saturated carbocycles. The van der Waals surface area contributed by atoms with Gasteiger partial charge < -0.3 is 9.31 Å². The molecule has 5 heteroatoms. The Kier molecular flexibility index (Phi) is 2.72. The lowest BCUT2D eigenvalue weighted by molar-refractivity contribution is 0.00578. The number of hydrogen-bond donors (Lipinski definition) is 0. The summed E-state index contributed by atoms with van der Waals surface area (Å²) in [6.07, 6.45) is 1.53. The highest BCUT2D eigenvalue weighted by Crippen LogP contribution is 2.36. The van der Waals surface area contributed by atoms with Crippen molar-refractivity contribution >= 4 is 12.7 Å². The van der Waals surface area contributed by atoms with Crippen LogP contribution in [0.2, 0.25) is 0 Å². The van der Waals surface area contributed by atoms with Gasteiger partial charge in [-0.25, -0.2) is 0 Å². The van der Waals surface area contributed by atoms with Crippen LogP contribution in [-0.2, 0) is 9.31 Å². The molecule has 0 amide bonds. The lowest BCUT2D eigenvalue weighted by Gasteiger charge is -2.32. The van der Waals surface area contributed by atoms with Gasteiger partial charge in [-0.1, -0.05) is 0 Å². The normalized spacial score (nSPS) is 21.2. The maximum absolute atomic E-state index is 8.71. The predicted octanol–water partition coefficient (Wildman–Crippen LogP) is 1.25. The van der Waals surface area contributed by atoms with Crippen molar-refractivity contribution in [2.24, 2.45) is 0 Å². The molecular formula is C12H15BN2O2. The fraction of sp³-hybridized carbons (Fsp3) is 0.500.